The molecular formula is C10H9N5O. The maximum absolute atomic E-state index is 8.78. The molecule has 0 aliphatic heterocycles. The molecule has 1 heterocycles. The van der Waals surface area contributed by atoms with Crippen LogP contribution in [0.4, 0.5) is 5.95 Å². The van der Waals surface area contributed by atoms with E-state index in [0.717, 1.165) is 0 Å². The van der Waals surface area contributed by atoms with Crippen LogP contribution in [0.5, 0.6) is 6.01 Å². The first-order chi connectivity index (χ1) is 7.74. The van der Waals surface area contributed by atoms with Crippen LogP contribution in [-0.2, 0) is 0 Å². The van der Waals surface area contributed by atoms with E-state index in [9.17, 15) is 0 Å². The number of ether oxygens (including phenoxy) is 1. The predicted octanol–water partition coefficient (Wildman–Crippen LogP) is 0.730. The van der Waals surface area contributed by atoms with Gasteiger partial charge < -0.3 is 10.5 Å². The van der Waals surface area contributed by atoms with Crippen molar-refractivity contribution in [3.63, 3.8) is 0 Å². The largest absolute Gasteiger partial charge is 0.466 e. The van der Waals surface area contributed by atoms with E-state index in [2.05, 4.69) is 10.1 Å². The van der Waals surface area contributed by atoms with Gasteiger partial charge in [0.2, 0.25) is 5.95 Å². The van der Waals surface area contributed by atoms with Gasteiger partial charge in [0.25, 0.3) is 0 Å². The van der Waals surface area contributed by atoms with E-state index in [0.29, 0.717) is 11.3 Å². The van der Waals surface area contributed by atoms with Gasteiger partial charge in [0.15, 0.2) is 0 Å². The molecule has 2 aromatic rings. The quantitative estimate of drug-likeness (QED) is 0.797. The highest BCUT2D eigenvalue weighted by atomic mass is 16.5. The number of nitrogen functional groups attached to an aromatic ring is 1. The van der Waals surface area contributed by atoms with Crippen molar-refractivity contribution in [2.45, 2.75) is 0 Å². The van der Waals surface area contributed by atoms with Gasteiger partial charge in [-0.25, -0.2) is 0 Å². The molecule has 0 saturated heterocycles. The average Bonchev–Trinajstić information content (AvgIpc) is 2.71. The van der Waals surface area contributed by atoms with Crippen molar-refractivity contribution in [2.24, 2.45) is 0 Å². The van der Waals surface area contributed by atoms with Crippen molar-refractivity contribution in [1.82, 2.24) is 14.8 Å². The molecule has 0 saturated carbocycles. The van der Waals surface area contributed by atoms with E-state index in [1.54, 1.807) is 24.3 Å². The summed E-state index contributed by atoms with van der Waals surface area (Å²) in [4.78, 5) is 3.89. The molecule has 1 aromatic heterocycles. The van der Waals surface area contributed by atoms with Crippen LogP contribution in [0.2, 0.25) is 0 Å². The lowest BCUT2D eigenvalue weighted by atomic mass is 10.2. The lowest BCUT2D eigenvalue weighted by Crippen LogP contribution is -2.02. The molecule has 16 heavy (non-hydrogen) atoms. The Kier molecular flexibility index (Phi) is 2.44. The summed E-state index contributed by atoms with van der Waals surface area (Å²) in [6.07, 6.45) is 0. The number of anilines is 1. The van der Waals surface area contributed by atoms with Gasteiger partial charge in [0.05, 0.1) is 24.4 Å². The van der Waals surface area contributed by atoms with E-state index >= 15 is 0 Å². The molecule has 1 aromatic carbocycles. The van der Waals surface area contributed by atoms with Crippen molar-refractivity contribution in [3.8, 4) is 17.8 Å². The third-order valence-electron chi connectivity index (χ3n) is 2.02. The number of rotatable bonds is 2. The Bertz CT molecular complexity index is 555. The summed E-state index contributed by atoms with van der Waals surface area (Å²) in [6.45, 7) is 0. The van der Waals surface area contributed by atoms with E-state index < -0.39 is 0 Å². The molecule has 0 spiro atoms. The fourth-order valence-electron chi connectivity index (χ4n) is 1.29. The molecule has 0 aliphatic carbocycles. The number of aromatic nitrogens is 3. The van der Waals surface area contributed by atoms with E-state index in [1.807, 2.05) is 6.07 Å². The Morgan fingerprint density at radius 1 is 1.50 bits per heavy atom. The minimum Gasteiger partial charge on any atom is -0.466 e. The predicted molar refractivity (Wildman–Crippen MR) is 57.0 cm³/mol. The summed E-state index contributed by atoms with van der Waals surface area (Å²) in [5.74, 6) is 0.215. The normalized spacial score (nSPS) is 9.75. The van der Waals surface area contributed by atoms with Gasteiger partial charge in [-0.15, -0.1) is 5.10 Å². The number of benzene rings is 1. The Morgan fingerprint density at radius 3 is 2.94 bits per heavy atom. The Hall–Kier alpha value is -2.55. The molecule has 6 nitrogen and oxygen atoms in total. The summed E-state index contributed by atoms with van der Waals surface area (Å²) in [5.41, 5.74) is 6.87. The topological polar surface area (TPSA) is 89.8 Å². The standard InChI is InChI=1S/C10H9N5O/c1-16-10-13-9(12)15(14-10)8-4-2-3-7(5-8)6-11/h2-5H,1H3,(H2,12,13,14). The first-order valence-electron chi connectivity index (χ1n) is 4.51. The number of methoxy groups -OCH3 is 1. The number of nitrogens with two attached hydrogens (primary N) is 1. The molecule has 0 bridgehead atoms. The first-order valence-corrected chi connectivity index (χ1v) is 4.51. The Balaban J connectivity index is 2.50. The van der Waals surface area contributed by atoms with Crippen LogP contribution in [0.15, 0.2) is 24.3 Å². The SMILES string of the molecule is COc1nc(N)n(-c2cccc(C#N)c2)n1. The van der Waals surface area contributed by atoms with E-state index in [4.69, 9.17) is 15.7 Å². The van der Waals surface area contributed by atoms with Crippen LogP contribution >= 0.6 is 0 Å². The van der Waals surface area contributed by atoms with Crippen molar-refractivity contribution in [1.29, 1.82) is 5.26 Å². The molecule has 0 aliphatic rings. The van der Waals surface area contributed by atoms with Gasteiger partial charge in [-0.1, -0.05) is 6.07 Å². The lowest BCUT2D eigenvalue weighted by Gasteiger charge is -2.01. The highest BCUT2D eigenvalue weighted by Gasteiger charge is 2.08. The number of nitrogens with zero attached hydrogens (tertiary/aromatic N) is 4. The van der Waals surface area contributed by atoms with Crippen LogP contribution in [0, 0.1) is 11.3 Å². The summed E-state index contributed by atoms with van der Waals surface area (Å²) in [6, 6.07) is 9.15. The van der Waals surface area contributed by atoms with E-state index in [-0.39, 0.29) is 12.0 Å². The molecule has 2 rings (SSSR count). The monoisotopic (exact) mass is 215 g/mol. The highest BCUT2D eigenvalue weighted by Crippen LogP contribution is 2.15. The zero-order valence-electron chi connectivity index (χ0n) is 8.58. The fourth-order valence-corrected chi connectivity index (χ4v) is 1.29. The van der Waals surface area contributed by atoms with E-state index in [1.165, 1.54) is 11.8 Å². The van der Waals surface area contributed by atoms with Gasteiger partial charge in [-0.2, -0.15) is 14.9 Å². The van der Waals surface area contributed by atoms with Crippen molar-refractivity contribution >= 4 is 5.95 Å². The van der Waals surface area contributed by atoms with Crippen molar-refractivity contribution < 1.29 is 4.74 Å². The van der Waals surface area contributed by atoms with Gasteiger partial charge in [-0.3, -0.25) is 0 Å². The van der Waals surface area contributed by atoms with Crippen molar-refractivity contribution in [3.05, 3.63) is 29.8 Å². The molecule has 0 unspecified atom stereocenters. The number of hydrogen-bond acceptors (Lipinski definition) is 5. The molecule has 0 radical (unpaired) electrons. The van der Waals surface area contributed by atoms with Gasteiger partial charge in [0, 0.05) is 0 Å². The van der Waals surface area contributed by atoms with Crippen LogP contribution in [0.3, 0.4) is 0 Å². The number of hydrogen-bond donors (Lipinski definition) is 1. The van der Waals surface area contributed by atoms with Gasteiger partial charge >= 0.3 is 6.01 Å². The summed E-state index contributed by atoms with van der Waals surface area (Å²) < 4.78 is 6.28. The van der Waals surface area contributed by atoms with Gasteiger partial charge in [-0.05, 0) is 18.2 Å². The van der Waals surface area contributed by atoms with Crippen molar-refractivity contribution in [2.75, 3.05) is 12.8 Å². The van der Waals surface area contributed by atoms with Crippen LogP contribution in [0.25, 0.3) is 5.69 Å². The molecule has 6 heteroatoms. The van der Waals surface area contributed by atoms with Crippen LogP contribution < -0.4 is 10.5 Å². The minimum atomic E-state index is 0.194. The highest BCUT2D eigenvalue weighted by molar-refractivity contribution is 5.44. The smallest absolute Gasteiger partial charge is 0.337 e. The maximum Gasteiger partial charge on any atom is 0.337 e. The second-order valence-electron chi connectivity index (χ2n) is 3.03. The summed E-state index contributed by atoms with van der Waals surface area (Å²) >= 11 is 0. The third kappa shape index (κ3) is 1.66. The summed E-state index contributed by atoms with van der Waals surface area (Å²) in [7, 11) is 1.46. The Morgan fingerprint density at radius 2 is 2.31 bits per heavy atom. The molecule has 0 atom stereocenters. The maximum atomic E-state index is 8.78. The fraction of sp³-hybridized carbons (Fsp3) is 0.100. The third-order valence-corrected chi connectivity index (χ3v) is 2.02. The average molecular weight is 215 g/mol. The first kappa shape index (κ1) is 9.98. The zero-order chi connectivity index (χ0) is 11.5. The molecule has 0 amide bonds. The minimum absolute atomic E-state index is 0.194. The zero-order valence-corrected chi connectivity index (χ0v) is 8.58. The molecule has 0 fully saturated rings. The molecule has 80 valence electrons. The second kappa shape index (κ2) is 3.90. The van der Waals surface area contributed by atoms with Crippen LogP contribution in [0.1, 0.15) is 5.56 Å². The lowest BCUT2D eigenvalue weighted by molar-refractivity contribution is 0.380. The number of nitriles is 1. The Labute approximate surface area is 91.9 Å². The molecule has 2 N–H and O–H groups in total. The van der Waals surface area contributed by atoms with Crippen LogP contribution in [-0.4, -0.2) is 21.9 Å². The summed E-state index contributed by atoms with van der Waals surface area (Å²) in [5, 5.41) is 12.8. The second-order valence-corrected chi connectivity index (χ2v) is 3.03. The molecular weight excluding hydrogens is 206 g/mol. The van der Waals surface area contributed by atoms with Gasteiger partial charge in [0.1, 0.15) is 0 Å².